The minimum Gasteiger partial charge on any atom is -0.465 e. The van der Waals surface area contributed by atoms with Crippen LogP contribution in [-0.2, 0) is 19.9 Å². The third-order valence-corrected chi connectivity index (χ3v) is 5.56. The van der Waals surface area contributed by atoms with Gasteiger partial charge in [0.15, 0.2) is 0 Å². The van der Waals surface area contributed by atoms with Crippen LogP contribution in [0.5, 0.6) is 0 Å². The highest BCUT2D eigenvalue weighted by Gasteiger charge is 2.49. The highest BCUT2D eigenvalue weighted by Crippen LogP contribution is 2.29. The van der Waals surface area contributed by atoms with Gasteiger partial charge in [-0.3, -0.25) is 14.5 Å². The summed E-state index contributed by atoms with van der Waals surface area (Å²) in [5.74, 6) is -1.58. The molecule has 0 radical (unpaired) electrons. The van der Waals surface area contributed by atoms with Crippen molar-refractivity contribution in [1.29, 1.82) is 0 Å². The third-order valence-electron chi connectivity index (χ3n) is 5.56. The highest BCUT2D eigenvalue weighted by atomic mass is 16.5. The number of carbonyl (C=O) groups excluding carboxylic acids is 4. The van der Waals surface area contributed by atoms with E-state index in [1.807, 2.05) is 26.0 Å². The van der Waals surface area contributed by atoms with Crippen LogP contribution in [0.2, 0.25) is 0 Å². The summed E-state index contributed by atoms with van der Waals surface area (Å²) in [5.41, 5.74) is 2.66. The predicted octanol–water partition coefficient (Wildman–Crippen LogP) is 2.80. The smallest absolute Gasteiger partial charge is 0.338 e. The molecule has 2 aromatic carbocycles. The third kappa shape index (κ3) is 4.14. The number of aryl methyl sites for hydroxylation is 2. The van der Waals surface area contributed by atoms with Crippen LogP contribution in [0.4, 0.5) is 10.5 Å². The summed E-state index contributed by atoms with van der Waals surface area (Å²) in [5, 5.41) is 5.33. The molecule has 31 heavy (non-hydrogen) atoms. The minimum atomic E-state index is -1.25. The number of benzene rings is 2. The maximum atomic E-state index is 13.0. The maximum absolute atomic E-state index is 13.0. The molecule has 1 unspecified atom stereocenters. The fourth-order valence-corrected chi connectivity index (χ4v) is 3.52. The molecule has 8 nitrogen and oxygen atoms in total. The number of ether oxygens (including phenoxy) is 1. The normalized spacial score (nSPS) is 18.0. The first-order valence-corrected chi connectivity index (χ1v) is 9.77. The fraction of sp³-hybridized carbons (Fsp3) is 0.304. The van der Waals surface area contributed by atoms with Gasteiger partial charge in [0.1, 0.15) is 12.1 Å². The van der Waals surface area contributed by atoms with Gasteiger partial charge in [0, 0.05) is 5.69 Å². The van der Waals surface area contributed by atoms with E-state index in [1.165, 1.54) is 13.2 Å². The van der Waals surface area contributed by atoms with Crippen molar-refractivity contribution < 1.29 is 23.9 Å². The van der Waals surface area contributed by atoms with Gasteiger partial charge in [-0.2, -0.15) is 0 Å². The monoisotopic (exact) mass is 423 g/mol. The molecular weight excluding hydrogens is 398 g/mol. The van der Waals surface area contributed by atoms with Crippen LogP contribution in [0, 0.1) is 20.8 Å². The van der Waals surface area contributed by atoms with E-state index in [-0.39, 0.29) is 0 Å². The van der Waals surface area contributed by atoms with Gasteiger partial charge in [0.2, 0.25) is 5.91 Å². The van der Waals surface area contributed by atoms with Gasteiger partial charge in [-0.15, -0.1) is 0 Å². The first kappa shape index (κ1) is 22.0. The maximum Gasteiger partial charge on any atom is 0.338 e. The van der Waals surface area contributed by atoms with E-state index in [9.17, 15) is 19.2 Å². The van der Waals surface area contributed by atoms with Crippen molar-refractivity contribution in [3.63, 3.8) is 0 Å². The number of rotatable bonds is 5. The Labute approximate surface area is 180 Å². The number of hydrogen-bond acceptors (Lipinski definition) is 5. The average Bonchev–Trinajstić information content (AvgIpc) is 2.94. The second kappa shape index (κ2) is 8.22. The zero-order valence-electron chi connectivity index (χ0n) is 18.2. The second-order valence-electron chi connectivity index (χ2n) is 7.82. The first-order valence-electron chi connectivity index (χ1n) is 9.77. The van der Waals surface area contributed by atoms with Crippen LogP contribution in [0.25, 0.3) is 0 Å². The van der Waals surface area contributed by atoms with Gasteiger partial charge in [-0.25, -0.2) is 9.59 Å². The van der Waals surface area contributed by atoms with E-state index >= 15 is 0 Å². The minimum absolute atomic E-state index is 0.333. The van der Waals surface area contributed by atoms with E-state index in [0.29, 0.717) is 16.8 Å². The number of urea groups is 1. The largest absolute Gasteiger partial charge is 0.465 e. The SMILES string of the molecule is COC(=O)c1cc(NC(=O)CN2C(=O)NC(C)(c3ccc(C)cc3)C2=O)cc(C)c1C. The van der Waals surface area contributed by atoms with Crippen molar-refractivity contribution >= 4 is 29.5 Å². The average molecular weight is 423 g/mol. The van der Waals surface area contributed by atoms with E-state index in [4.69, 9.17) is 4.74 Å². The Morgan fingerprint density at radius 3 is 2.35 bits per heavy atom. The van der Waals surface area contributed by atoms with Gasteiger partial charge >= 0.3 is 12.0 Å². The molecule has 162 valence electrons. The summed E-state index contributed by atoms with van der Waals surface area (Å²) < 4.78 is 4.78. The van der Waals surface area contributed by atoms with Crippen molar-refractivity contribution in [2.24, 2.45) is 0 Å². The lowest BCUT2D eigenvalue weighted by Gasteiger charge is -2.22. The van der Waals surface area contributed by atoms with Crippen LogP contribution in [0.15, 0.2) is 36.4 Å². The zero-order valence-corrected chi connectivity index (χ0v) is 18.2. The molecule has 1 aliphatic heterocycles. The molecule has 1 fully saturated rings. The molecule has 4 amide bonds. The first-order chi connectivity index (χ1) is 14.6. The molecule has 0 spiro atoms. The van der Waals surface area contributed by atoms with Gasteiger partial charge < -0.3 is 15.4 Å². The predicted molar refractivity (Wildman–Crippen MR) is 115 cm³/mol. The zero-order chi connectivity index (χ0) is 22.9. The van der Waals surface area contributed by atoms with Crippen LogP contribution in [0.1, 0.15) is 39.5 Å². The van der Waals surface area contributed by atoms with Crippen molar-refractivity contribution in [2.45, 2.75) is 33.2 Å². The molecule has 0 saturated carbocycles. The summed E-state index contributed by atoms with van der Waals surface area (Å²) in [6.07, 6.45) is 0. The highest BCUT2D eigenvalue weighted by molar-refractivity contribution is 6.10. The number of anilines is 1. The van der Waals surface area contributed by atoms with Crippen molar-refractivity contribution in [3.8, 4) is 0 Å². The van der Waals surface area contributed by atoms with Crippen LogP contribution in [0.3, 0.4) is 0 Å². The second-order valence-corrected chi connectivity index (χ2v) is 7.82. The number of amides is 4. The molecule has 0 bridgehead atoms. The Bertz CT molecular complexity index is 1080. The lowest BCUT2D eigenvalue weighted by molar-refractivity contribution is -0.133. The number of carbonyl (C=O) groups is 4. The van der Waals surface area contributed by atoms with E-state index in [0.717, 1.165) is 21.6 Å². The lowest BCUT2D eigenvalue weighted by Crippen LogP contribution is -2.42. The molecule has 1 aliphatic rings. The molecule has 0 aromatic heterocycles. The van der Waals surface area contributed by atoms with Crippen molar-refractivity contribution in [1.82, 2.24) is 10.2 Å². The van der Waals surface area contributed by atoms with E-state index in [1.54, 1.807) is 32.0 Å². The number of esters is 1. The number of nitrogens with one attached hydrogen (secondary N) is 2. The summed E-state index contributed by atoms with van der Waals surface area (Å²) in [6.45, 7) is 6.68. The number of hydrogen-bond donors (Lipinski definition) is 2. The molecule has 0 aliphatic carbocycles. The summed E-state index contributed by atoms with van der Waals surface area (Å²) in [6, 6.07) is 9.85. The Morgan fingerprint density at radius 2 is 1.74 bits per heavy atom. The summed E-state index contributed by atoms with van der Waals surface area (Å²) >= 11 is 0. The Balaban J connectivity index is 1.77. The van der Waals surface area contributed by atoms with Crippen LogP contribution < -0.4 is 10.6 Å². The van der Waals surface area contributed by atoms with E-state index in [2.05, 4.69) is 10.6 Å². The molecule has 8 heteroatoms. The van der Waals surface area contributed by atoms with Gasteiger partial charge in [0.05, 0.1) is 12.7 Å². The lowest BCUT2D eigenvalue weighted by atomic mass is 9.91. The number of methoxy groups -OCH3 is 1. The van der Waals surface area contributed by atoms with Crippen molar-refractivity contribution in [2.75, 3.05) is 19.0 Å². The number of imide groups is 1. The topological polar surface area (TPSA) is 105 Å². The molecule has 2 N–H and O–H groups in total. The Kier molecular flexibility index (Phi) is 5.83. The molecule has 1 heterocycles. The summed E-state index contributed by atoms with van der Waals surface area (Å²) in [4.78, 5) is 50.9. The van der Waals surface area contributed by atoms with Crippen LogP contribution in [-0.4, -0.2) is 42.4 Å². The standard InChI is InChI=1S/C23H25N3O5/c1-13-6-8-16(9-7-13)23(4)21(29)26(22(30)25-23)12-19(27)24-17-10-14(2)15(3)18(11-17)20(28)31-5/h6-11H,12H2,1-5H3,(H,24,27)(H,25,30). The molecule has 3 rings (SSSR count). The van der Waals surface area contributed by atoms with Gasteiger partial charge in [-0.1, -0.05) is 29.8 Å². The molecule has 1 atom stereocenters. The summed E-state index contributed by atoms with van der Waals surface area (Å²) in [7, 11) is 1.28. The van der Waals surface area contributed by atoms with Crippen molar-refractivity contribution in [3.05, 3.63) is 64.2 Å². The quantitative estimate of drug-likeness (QED) is 0.568. The fourth-order valence-electron chi connectivity index (χ4n) is 3.52. The Hall–Kier alpha value is -3.68. The van der Waals surface area contributed by atoms with Crippen LogP contribution >= 0.6 is 0 Å². The number of nitrogens with zero attached hydrogens (tertiary/aromatic N) is 1. The van der Waals surface area contributed by atoms with Gasteiger partial charge in [-0.05, 0) is 56.5 Å². The van der Waals surface area contributed by atoms with Gasteiger partial charge in [0.25, 0.3) is 5.91 Å². The molecular formula is C23H25N3O5. The molecule has 1 saturated heterocycles. The van der Waals surface area contributed by atoms with E-state index < -0.39 is 35.9 Å². The Morgan fingerprint density at radius 1 is 1.10 bits per heavy atom. The molecule has 2 aromatic rings.